The predicted octanol–water partition coefficient (Wildman–Crippen LogP) is 1.09. The summed E-state index contributed by atoms with van der Waals surface area (Å²) >= 11 is 0. The number of aliphatic hydroxyl groups is 1. The molecule has 3 nitrogen and oxygen atoms in total. The van der Waals surface area contributed by atoms with Crippen molar-refractivity contribution < 1.29 is 18.3 Å². The van der Waals surface area contributed by atoms with Crippen LogP contribution in [0.25, 0.3) is 0 Å². The summed E-state index contributed by atoms with van der Waals surface area (Å²) in [5, 5.41) is 8.64. The van der Waals surface area contributed by atoms with E-state index in [0.29, 0.717) is 0 Å². The van der Waals surface area contributed by atoms with Gasteiger partial charge < -0.3 is 10.8 Å². The van der Waals surface area contributed by atoms with Crippen LogP contribution in [-0.4, -0.2) is 16.7 Å². The molecule has 0 spiro atoms. The lowest BCUT2D eigenvalue weighted by atomic mass is 10.1. The van der Waals surface area contributed by atoms with E-state index in [4.69, 9.17) is 10.8 Å². The van der Waals surface area contributed by atoms with Crippen molar-refractivity contribution in [2.45, 2.75) is 12.2 Å². The molecule has 3 N–H and O–H groups in total. The third kappa shape index (κ3) is 2.43. The first-order chi connectivity index (χ1) is 6.45. The van der Waals surface area contributed by atoms with Gasteiger partial charge in [-0.15, -0.1) is 0 Å². The van der Waals surface area contributed by atoms with Crippen molar-refractivity contribution >= 4 is 0 Å². The van der Waals surface area contributed by atoms with Crippen LogP contribution in [-0.2, 0) is 6.18 Å². The second-order valence-electron chi connectivity index (χ2n) is 2.76. The molecule has 0 amide bonds. The molecule has 1 unspecified atom stereocenters. The van der Waals surface area contributed by atoms with Gasteiger partial charge in [-0.2, -0.15) is 13.2 Å². The Morgan fingerprint density at radius 1 is 1.50 bits per heavy atom. The summed E-state index contributed by atoms with van der Waals surface area (Å²) in [6, 6.07) is 0.811. The molecule has 1 aromatic rings. The van der Waals surface area contributed by atoms with Crippen molar-refractivity contribution in [2.24, 2.45) is 5.73 Å². The molecule has 1 heterocycles. The maximum Gasteiger partial charge on any atom is 0.416 e. The monoisotopic (exact) mass is 206 g/mol. The molecule has 78 valence electrons. The third-order valence-corrected chi connectivity index (χ3v) is 1.69. The van der Waals surface area contributed by atoms with Crippen LogP contribution in [0.15, 0.2) is 18.3 Å². The Labute approximate surface area is 78.4 Å². The van der Waals surface area contributed by atoms with E-state index in [1.54, 1.807) is 0 Å². The Kier molecular flexibility index (Phi) is 3.07. The lowest BCUT2D eigenvalue weighted by molar-refractivity contribution is -0.137. The number of aliphatic hydroxyl groups excluding tert-OH is 1. The molecule has 0 aromatic carbocycles. The van der Waals surface area contributed by atoms with Gasteiger partial charge in [-0.25, -0.2) is 0 Å². The molecule has 0 saturated heterocycles. The minimum Gasteiger partial charge on any atom is -0.394 e. The highest BCUT2D eigenvalue weighted by Gasteiger charge is 2.31. The average Bonchev–Trinajstić information content (AvgIpc) is 2.15. The number of hydrogen-bond donors (Lipinski definition) is 2. The van der Waals surface area contributed by atoms with Gasteiger partial charge in [-0.1, -0.05) is 0 Å². The highest BCUT2D eigenvalue weighted by Crippen LogP contribution is 2.29. The molecule has 0 aliphatic heterocycles. The molecular weight excluding hydrogens is 197 g/mol. The molecule has 0 aliphatic rings. The molecule has 0 fully saturated rings. The number of alkyl halides is 3. The van der Waals surface area contributed by atoms with Gasteiger partial charge in [0.2, 0.25) is 0 Å². The van der Waals surface area contributed by atoms with Crippen LogP contribution in [0.4, 0.5) is 13.2 Å². The summed E-state index contributed by atoms with van der Waals surface area (Å²) in [6.07, 6.45) is -3.39. The van der Waals surface area contributed by atoms with E-state index in [9.17, 15) is 13.2 Å². The topological polar surface area (TPSA) is 59.1 Å². The lowest BCUT2D eigenvalue weighted by Gasteiger charge is -2.10. The Morgan fingerprint density at radius 3 is 2.64 bits per heavy atom. The van der Waals surface area contributed by atoms with Gasteiger partial charge in [-0.3, -0.25) is 4.98 Å². The Hall–Kier alpha value is -1.14. The van der Waals surface area contributed by atoms with Crippen LogP contribution >= 0.6 is 0 Å². The molecule has 0 bridgehead atoms. The maximum absolute atomic E-state index is 12.2. The van der Waals surface area contributed by atoms with E-state index < -0.39 is 24.4 Å². The van der Waals surface area contributed by atoms with Crippen molar-refractivity contribution in [3.05, 3.63) is 29.6 Å². The molecule has 0 saturated carbocycles. The molecular formula is C8H9F3N2O. The van der Waals surface area contributed by atoms with Crippen molar-refractivity contribution in [3.8, 4) is 0 Å². The van der Waals surface area contributed by atoms with Crippen LogP contribution < -0.4 is 5.73 Å². The zero-order valence-corrected chi connectivity index (χ0v) is 7.12. The minimum absolute atomic E-state index is 0.0299. The Balaban J connectivity index is 3.01. The summed E-state index contributed by atoms with van der Waals surface area (Å²) in [4.78, 5) is 3.64. The van der Waals surface area contributed by atoms with Gasteiger partial charge >= 0.3 is 6.18 Å². The second-order valence-corrected chi connectivity index (χ2v) is 2.76. The quantitative estimate of drug-likeness (QED) is 0.761. The molecule has 14 heavy (non-hydrogen) atoms. The Morgan fingerprint density at radius 2 is 2.14 bits per heavy atom. The van der Waals surface area contributed by atoms with Crippen molar-refractivity contribution in [2.75, 3.05) is 6.61 Å². The molecule has 1 atom stereocenters. The van der Waals surface area contributed by atoms with E-state index >= 15 is 0 Å². The fourth-order valence-corrected chi connectivity index (χ4v) is 0.921. The predicted molar refractivity (Wildman–Crippen MR) is 43.3 cm³/mol. The highest BCUT2D eigenvalue weighted by atomic mass is 19.4. The van der Waals surface area contributed by atoms with Crippen molar-refractivity contribution in [3.63, 3.8) is 0 Å². The number of pyridine rings is 1. The zero-order valence-electron chi connectivity index (χ0n) is 7.12. The number of nitrogens with zero attached hydrogens (tertiary/aromatic N) is 1. The van der Waals surface area contributed by atoms with Gasteiger partial charge in [0.15, 0.2) is 0 Å². The van der Waals surface area contributed by atoms with E-state index in [-0.39, 0.29) is 5.69 Å². The van der Waals surface area contributed by atoms with Crippen LogP contribution in [0.5, 0.6) is 0 Å². The highest BCUT2D eigenvalue weighted by molar-refractivity contribution is 5.21. The average molecular weight is 206 g/mol. The Bertz CT molecular complexity index is 314. The number of rotatable bonds is 2. The smallest absolute Gasteiger partial charge is 0.394 e. The standard InChI is InChI=1S/C8H9F3N2O/c9-8(10,11)5-1-2-13-7(3-5)6(12)4-14/h1-3,6,14H,4,12H2. The summed E-state index contributed by atoms with van der Waals surface area (Å²) in [7, 11) is 0. The van der Waals surface area contributed by atoms with Crippen LogP contribution in [0.1, 0.15) is 17.3 Å². The van der Waals surface area contributed by atoms with Gasteiger partial charge in [-0.05, 0) is 12.1 Å². The third-order valence-electron chi connectivity index (χ3n) is 1.69. The van der Waals surface area contributed by atoms with Gasteiger partial charge in [0, 0.05) is 6.20 Å². The van der Waals surface area contributed by atoms with Gasteiger partial charge in [0.25, 0.3) is 0 Å². The van der Waals surface area contributed by atoms with Gasteiger partial charge in [0.1, 0.15) is 0 Å². The van der Waals surface area contributed by atoms with E-state index in [2.05, 4.69) is 4.98 Å². The van der Waals surface area contributed by atoms with Crippen molar-refractivity contribution in [1.29, 1.82) is 0 Å². The summed E-state index contributed by atoms with van der Waals surface area (Å²) in [5.74, 6) is 0. The van der Waals surface area contributed by atoms with Crippen molar-refractivity contribution in [1.82, 2.24) is 4.98 Å². The van der Waals surface area contributed by atoms with Crippen LogP contribution in [0.2, 0.25) is 0 Å². The molecule has 0 radical (unpaired) electrons. The first kappa shape index (κ1) is 10.9. The van der Waals surface area contributed by atoms with Gasteiger partial charge in [0.05, 0.1) is 23.9 Å². The van der Waals surface area contributed by atoms with Crippen LogP contribution in [0.3, 0.4) is 0 Å². The summed E-state index contributed by atoms with van der Waals surface area (Å²) < 4.78 is 36.6. The number of halogens is 3. The SMILES string of the molecule is NC(CO)c1cc(C(F)(F)F)ccn1. The molecule has 6 heteroatoms. The summed E-state index contributed by atoms with van der Waals surface area (Å²) in [5.41, 5.74) is 4.54. The number of hydrogen-bond acceptors (Lipinski definition) is 3. The minimum atomic E-state index is -4.41. The van der Waals surface area contributed by atoms with E-state index in [1.165, 1.54) is 0 Å². The maximum atomic E-state index is 12.2. The van der Waals surface area contributed by atoms with E-state index in [0.717, 1.165) is 18.3 Å². The summed E-state index contributed by atoms with van der Waals surface area (Å²) in [6.45, 7) is -0.436. The zero-order chi connectivity index (χ0) is 10.8. The largest absolute Gasteiger partial charge is 0.416 e. The first-order valence-electron chi connectivity index (χ1n) is 3.84. The van der Waals surface area contributed by atoms with Crippen LogP contribution in [0, 0.1) is 0 Å². The number of aromatic nitrogens is 1. The van der Waals surface area contributed by atoms with E-state index in [1.807, 2.05) is 0 Å². The first-order valence-corrected chi connectivity index (χ1v) is 3.84. The fraction of sp³-hybridized carbons (Fsp3) is 0.375. The molecule has 1 rings (SSSR count). The normalized spacial score (nSPS) is 14.1. The number of nitrogens with two attached hydrogens (primary N) is 1. The molecule has 1 aromatic heterocycles. The lowest BCUT2D eigenvalue weighted by Crippen LogP contribution is -2.17. The molecule has 0 aliphatic carbocycles. The second kappa shape index (κ2) is 3.93. The fourth-order valence-electron chi connectivity index (χ4n) is 0.921.